The third-order valence-electron chi connectivity index (χ3n) is 3.94. The van der Waals surface area contributed by atoms with E-state index in [9.17, 15) is 4.79 Å². The summed E-state index contributed by atoms with van der Waals surface area (Å²) in [5.41, 5.74) is 1.63. The van der Waals surface area contributed by atoms with E-state index in [0.29, 0.717) is 44.2 Å². The van der Waals surface area contributed by atoms with Crippen molar-refractivity contribution in [2.75, 3.05) is 19.5 Å². The molecule has 0 atom stereocenters. The molecule has 1 amide bonds. The van der Waals surface area contributed by atoms with Crippen LogP contribution < -0.4 is 14.8 Å². The highest BCUT2D eigenvalue weighted by Gasteiger charge is 2.24. The average molecular weight is 407 g/mol. The van der Waals surface area contributed by atoms with Gasteiger partial charge in [0.15, 0.2) is 0 Å². The lowest BCUT2D eigenvalue weighted by Crippen LogP contribution is -2.14. The number of rotatable bonds is 5. The lowest BCUT2D eigenvalue weighted by Gasteiger charge is -2.13. The molecule has 2 aromatic carbocycles. The van der Waals surface area contributed by atoms with Crippen molar-refractivity contribution >= 4 is 34.8 Å². The molecule has 0 spiro atoms. The van der Waals surface area contributed by atoms with Gasteiger partial charge in [-0.05, 0) is 13.0 Å². The van der Waals surface area contributed by atoms with Crippen molar-refractivity contribution in [2.45, 2.75) is 6.92 Å². The maximum Gasteiger partial charge on any atom is 0.261 e. The largest absolute Gasteiger partial charge is 0.495 e. The molecule has 0 aliphatic carbocycles. The summed E-state index contributed by atoms with van der Waals surface area (Å²) in [6.45, 7) is 1.65. The number of carbonyl (C=O) groups is 1. The predicted molar refractivity (Wildman–Crippen MR) is 104 cm³/mol. The van der Waals surface area contributed by atoms with Crippen LogP contribution in [-0.2, 0) is 0 Å². The number of benzene rings is 2. The molecule has 0 aliphatic rings. The number of halogens is 2. The van der Waals surface area contributed by atoms with Gasteiger partial charge >= 0.3 is 0 Å². The first-order valence-electron chi connectivity index (χ1n) is 7.90. The highest BCUT2D eigenvalue weighted by Crippen LogP contribution is 2.37. The lowest BCUT2D eigenvalue weighted by atomic mass is 10.1. The van der Waals surface area contributed by atoms with Crippen molar-refractivity contribution in [1.82, 2.24) is 5.16 Å². The Balaban J connectivity index is 2.02. The Hall–Kier alpha value is -2.70. The summed E-state index contributed by atoms with van der Waals surface area (Å²) < 4.78 is 15.7. The van der Waals surface area contributed by atoms with E-state index in [2.05, 4.69) is 10.5 Å². The summed E-state index contributed by atoms with van der Waals surface area (Å²) in [6, 6.07) is 10.2. The molecule has 3 rings (SSSR count). The van der Waals surface area contributed by atoms with Gasteiger partial charge in [0.25, 0.3) is 5.91 Å². The van der Waals surface area contributed by atoms with Gasteiger partial charge in [0, 0.05) is 17.7 Å². The fraction of sp³-hybridized carbons (Fsp3) is 0.158. The third-order valence-corrected chi connectivity index (χ3v) is 4.57. The molecule has 1 aromatic heterocycles. The predicted octanol–water partition coefficient (Wildman–Crippen LogP) is 5.23. The SMILES string of the molecule is COc1cc(NC(=O)c2c(-c3ccccc3Cl)noc2C)c(OC)cc1Cl. The molecule has 0 bridgehead atoms. The molecule has 0 unspecified atom stereocenters. The number of nitrogens with zero attached hydrogens (tertiary/aromatic N) is 1. The van der Waals surface area contributed by atoms with Crippen LogP contribution in [0.4, 0.5) is 5.69 Å². The van der Waals surface area contributed by atoms with Gasteiger partial charge in [0.2, 0.25) is 0 Å². The number of ether oxygens (including phenoxy) is 2. The fourth-order valence-electron chi connectivity index (χ4n) is 2.62. The molecular weight excluding hydrogens is 391 g/mol. The van der Waals surface area contributed by atoms with Crippen LogP contribution in [0.3, 0.4) is 0 Å². The van der Waals surface area contributed by atoms with E-state index in [0.717, 1.165) is 0 Å². The molecule has 0 fully saturated rings. The number of methoxy groups -OCH3 is 2. The van der Waals surface area contributed by atoms with E-state index in [4.69, 9.17) is 37.2 Å². The minimum Gasteiger partial charge on any atom is -0.495 e. The maximum atomic E-state index is 13.0. The first kappa shape index (κ1) is 19.1. The Morgan fingerprint density at radius 2 is 1.78 bits per heavy atom. The summed E-state index contributed by atoms with van der Waals surface area (Å²) in [7, 11) is 2.96. The average Bonchev–Trinajstić information content (AvgIpc) is 3.04. The molecule has 0 aliphatic heterocycles. The van der Waals surface area contributed by atoms with Gasteiger partial charge in [-0.25, -0.2) is 0 Å². The molecule has 8 heteroatoms. The maximum absolute atomic E-state index is 13.0. The van der Waals surface area contributed by atoms with Gasteiger partial charge in [-0.2, -0.15) is 0 Å². The van der Waals surface area contributed by atoms with Gasteiger partial charge in [0.1, 0.15) is 28.5 Å². The quantitative estimate of drug-likeness (QED) is 0.627. The number of aromatic nitrogens is 1. The summed E-state index contributed by atoms with van der Waals surface area (Å²) in [5, 5.41) is 7.62. The van der Waals surface area contributed by atoms with Gasteiger partial charge in [0.05, 0.1) is 30.0 Å². The van der Waals surface area contributed by atoms with Crippen LogP contribution >= 0.6 is 23.2 Å². The molecule has 3 aromatic rings. The molecule has 140 valence electrons. The Bertz CT molecular complexity index is 1000. The first-order chi connectivity index (χ1) is 13.0. The van der Waals surface area contributed by atoms with E-state index in [-0.39, 0.29) is 5.56 Å². The zero-order chi connectivity index (χ0) is 19.6. The number of hydrogen-bond acceptors (Lipinski definition) is 5. The van der Waals surface area contributed by atoms with Gasteiger partial charge in [-0.1, -0.05) is 46.6 Å². The van der Waals surface area contributed by atoms with Crippen molar-refractivity contribution in [3.05, 3.63) is 57.8 Å². The molecule has 0 saturated heterocycles. The molecule has 6 nitrogen and oxygen atoms in total. The van der Waals surface area contributed by atoms with Crippen molar-refractivity contribution in [2.24, 2.45) is 0 Å². The number of amides is 1. The van der Waals surface area contributed by atoms with E-state index in [1.165, 1.54) is 14.2 Å². The van der Waals surface area contributed by atoms with Crippen LogP contribution in [0.5, 0.6) is 11.5 Å². The number of nitrogens with one attached hydrogen (secondary N) is 1. The van der Waals surface area contributed by atoms with Crippen LogP contribution in [-0.4, -0.2) is 25.3 Å². The Morgan fingerprint density at radius 1 is 1.07 bits per heavy atom. The minimum absolute atomic E-state index is 0.277. The van der Waals surface area contributed by atoms with E-state index < -0.39 is 5.91 Å². The highest BCUT2D eigenvalue weighted by atomic mass is 35.5. The monoisotopic (exact) mass is 406 g/mol. The molecule has 0 saturated carbocycles. The Kier molecular flexibility index (Phi) is 5.58. The standard InChI is InChI=1S/C19H16Cl2N2O4/c1-10-17(18(23-27-10)11-6-4-5-7-12(11)20)19(24)22-14-9-15(25-2)13(21)8-16(14)26-3/h4-9H,1-3H3,(H,22,24). The van der Waals surface area contributed by atoms with E-state index in [1.807, 2.05) is 0 Å². The fourth-order valence-corrected chi connectivity index (χ4v) is 3.08. The van der Waals surface area contributed by atoms with Crippen molar-refractivity contribution in [1.29, 1.82) is 0 Å². The molecule has 0 radical (unpaired) electrons. The van der Waals surface area contributed by atoms with E-state index in [1.54, 1.807) is 43.3 Å². The van der Waals surface area contributed by atoms with Crippen LogP contribution in [0.25, 0.3) is 11.3 Å². The number of hydrogen-bond donors (Lipinski definition) is 1. The normalized spacial score (nSPS) is 10.6. The topological polar surface area (TPSA) is 73.6 Å². The van der Waals surface area contributed by atoms with Crippen LogP contribution in [0, 0.1) is 6.92 Å². The summed E-state index contributed by atoms with van der Waals surface area (Å²) >= 11 is 12.4. The van der Waals surface area contributed by atoms with E-state index >= 15 is 0 Å². The van der Waals surface area contributed by atoms with Crippen molar-refractivity contribution < 1.29 is 18.8 Å². The van der Waals surface area contributed by atoms with Crippen molar-refractivity contribution in [3.63, 3.8) is 0 Å². The summed E-state index contributed by atoms with van der Waals surface area (Å²) in [4.78, 5) is 13.0. The van der Waals surface area contributed by atoms with Crippen LogP contribution in [0.2, 0.25) is 10.0 Å². The molecule has 1 heterocycles. The number of anilines is 1. The molecular formula is C19H16Cl2N2O4. The second-order valence-electron chi connectivity index (χ2n) is 5.58. The molecule has 27 heavy (non-hydrogen) atoms. The second-order valence-corrected chi connectivity index (χ2v) is 6.40. The zero-order valence-corrected chi connectivity index (χ0v) is 16.3. The number of aryl methyl sites for hydroxylation is 1. The summed E-state index contributed by atoms with van der Waals surface area (Å²) in [5.74, 6) is 0.734. The van der Waals surface area contributed by atoms with Gasteiger partial charge < -0.3 is 19.3 Å². The lowest BCUT2D eigenvalue weighted by molar-refractivity contribution is 0.102. The van der Waals surface area contributed by atoms with Gasteiger partial charge in [-0.3, -0.25) is 4.79 Å². The second kappa shape index (κ2) is 7.90. The Morgan fingerprint density at radius 3 is 2.44 bits per heavy atom. The molecule has 1 N–H and O–H groups in total. The van der Waals surface area contributed by atoms with Gasteiger partial charge in [-0.15, -0.1) is 0 Å². The van der Waals surface area contributed by atoms with Crippen LogP contribution in [0.1, 0.15) is 16.1 Å². The zero-order valence-electron chi connectivity index (χ0n) is 14.8. The smallest absolute Gasteiger partial charge is 0.261 e. The first-order valence-corrected chi connectivity index (χ1v) is 8.66. The number of carbonyl (C=O) groups excluding carboxylic acids is 1. The minimum atomic E-state index is -0.425. The third kappa shape index (κ3) is 3.72. The highest BCUT2D eigenvalue weighted by molar-refractivity contribution is 6.33. The van der Waals surface area contributed by atoms with Crippen molar-refractivity contribution in [3.8, 4) is 22.8 Å². The Labute approximate surface area is 166 Å². The summed E-state index contributed by atoms with van der Waals surface area (Å²) in [6.07, 6.45) is 0. The van der Waals surface area contributed by atoms with Crippen LogP contribution in [0.15, 0.2) is 40.9 Å².